The lowest BCUT2D eigenvalue weighted by molar-refractivity contribution is 0.623. The van der Waals surface area contributed by atoms with E-state index in [2.05, 4.69) is 4.99 Å². The van der Waals surface area contributed by atoms with E-state index in [0.717, 1.165) is 16.8 Å². The van der Waals surface area contributed by atoms with Crippen molar-refractivity contribution < 1.29 is 4.39 Å². The van der Waals surface area contributed by atoms with Crippen LogP contribution in [0.1, 0.15) is 17.2 Å². The molecule has 1 unspecified atom stereocenters. The first-order valence-corrected chi connectivity index (χ1v) is 7.05. The van der Waals surface area contributed by atoms with Gasteiger partial charge in [0.1, 0.15) is 5.82 Å². The molecule has 1 aliphatic rings. The van der Waals surface area contributed by atoms with Crippen LogP contribution in [0.15, 0.2) is 47.5 Å². The Morgan fingerprint density at radius 1 is 1.29 bits per heavy atom. The highest BCUT2D eigenvalue weighted by Crippen LogP contribution is 2.36. The lowest BCUT2D eigenvalue weighted by Crippen LogP contribution is -2.36. The van der Waals surface area contributed by atoms with Gasteiger partial charge in [0, 0.05) is 0 Å². The zero-order valence-corrected chi connectivity index (χ0v) is 12.3. The lowest BCUT2D eigenvalue weighted by Gasteiger charge is -2.28. The average molecular weight is 304 g/mol. The highest BCUT2D eigenvalue weighted by atomic mass is 35.5. The summed E-state index contributed by atoms with van der Waals surface area (Å²) in [6, 6.07) is 12.2. The van der Waals surface area contributed by atoms with Crippen molar-refractivity contribution in [3.63, 3.8) is 0 Å². The Morgan fingerprint density at radius 2 is 2.05 bits per heavy atom. The number of rotatable bonds is 2. The molecule has 2 aromatic carbocycles. The maximum absolute atomic E-state index is 13.3. The Bertz CT molecular complexity index is 714. The summed E-state index contributed by atoms with van der Waals surface area (Å²) in [5.74, 6) is 0.184. The summed E-state index contributed by atoms with van der Waals surface area (Å²) < 4.78 is 13.3. The SMILES string of the molecule is Cc1cc(F)ccc1C1CN=C(N)N1c1ccccc1Cl. The number of benzene rings is 2. The van der Waals surface area contributed by atoms with E-state index in [-0.39, 0.29) is 11.9 Å². The van der Waals surface area contributed by atoms with Crippen molar-refractivity contribution >= 4 is 23.2 Å². The van der Waals surface area contributed by atoms with E-state index >= 15 is 0 Å². The van der Waals surface area contributed by atoms with Crippen LogP contribution in [0.2, 0.25) is 5.02 Å². The summed E-state index contributed by atoms with van der Waals surface area (Å²) in [5, 5.41) is 0.613. The Labute approximate surface area is 127 Å². The third-order valence-corrected chi connectivity index (χ3v) is 4.01. The molecule has 0 spiro atoms. The minimum atomic E-state index is -0.243. The van der Waals surface area contributed by atoms with Crippen LogP contribution < -0.4 is 10.6 Å². The lowest BCUT2D eigenvalue weighted by atomic mass is 10.00. The molecule has 0 saturated carbocycles. The predicted molar refractivity (Wildman–Crippen MR) is 84.3 cm³/mol. The maximum Gasteiger partial charge on any atom is 0.196 e. The van der Waals surface area contributed by atoms with Gasteiger partial charge < -0.3 is 10.6 Å². The van der Waals surface area contributed by atoms with Crippen LogP contribution in [0.3, 0.4) is 0 Å². The summed E-state index contributed by atoms with van der Waals surface area (Å²) in [5.41, 5.74) is 8.72. The predicted octanol–water partition coefficient (Wildman–Crippen LogP) is 3.66. The third kappa shape index (κ3) is 2.47. The first kappa shape index (κ1) is 13.9. The van der Waals surface area contributed by atoms with Crippen LogP contribution in [-0.4, -0.2) is 12.5 Å². The maximum atomic E-state index is 13.3. The Balaban J connectivity index is 2.05. The summed E-state index contributed by atoms with van der Waals surface area (Å²) in [6.45, 7) is 2.42. The molecule has 1 aliphatic heterocycles. The van der Waals surface area contributed by atoms with Crippen molar-refractivity contribution in [1.29, 1.82) is 0 Å². The van der Waals surface area contributed by atoms with E-state index < -0.39 is 0 Å². The first-order valence-electron chi connectivity index (χ1n) is 6.67. The van der Waals surface area contributed by atoms with Gasteiger partial charge in [0.25, 0.3) is 0 Å². The van der Waals surface area contributed by atoms with Crippen molar-refractivity contribution in [2.24, 2.45) is 10.7 Å². The molecule has 2 aromatic rings. The number of anilines is 1. The van der Waals surface area contributed by atoms with Crippen LogP contribution in [0.25, 0.3) is 0 Å². The molecule has 3 nitrogen and oxygen atoms in total. The van der Waals surface area contributed by atoms with E-state index in [9.17, 15) is 4.39 Å². The van der Waals surface area contributed by atoms with E-state index in [0.29, 0.717) is 17.5 Å². The number of aliphatic imine (C=N–C) groups is 1. The van der Waals surface area contributed by atoms with Gasteiger partial charge in [-0.1, -0.05) is 29.8 Å². The number of aryl methyl sites for hydroxylation is 1. The van der Waals surface area contributed by atoms with Crippen LogP contribution >= 0.6 is 11.6 Å². The van der Waals surface area contributed by atoms with Crippen LogP contribution in [0.5, 0.6) is 0 Å². The van der Waals surface area contributed by atoms with Gasteiger partial charge in [-0.3, -0.25) is 4.99 Å². The molecule has 0 radical (unpaired) electrons. The smallest absolute Gasteiger partial charge is 0.196 e. The van der Waals surface area contributed by atoms with Crippen molar-refractivity contribution in [1.82, 2.24) is 0 Å². The zero-order valence-electron chi connectivity index (χ0n) is 11.6. The topological polar surface area (TPSA) is 41.6 Å². The average Bonchev–Trinajstić information content (AvgIpc) is 2.81. The summed E-state index contributed by atoms with van der Waals surface area (Å²) in [6.07, 6.45) is 0. The van der Waals surface area contributed by atoms with Crippen LogP contribution in [0.4, 0.5) is 10.1 Å². The molecule has 0 aliphatic carbocycles. The highest BCUT2D eigenvalue weighted by molar-refractivity contribution is 6.33. The standard InChI is InChI=1S/C16H15ClFN3/c1-10-8-11(18)6-7-12(10)15-9-20-16(19)21(15)14-5-3-2-4-13(14)17/h2-8,15H,9H2,1H3,(H2,19,20). The Hall–Kier alpha value is -2.07. The number of nitrogens with two attached hydrogens (primary N) is 1. The minimum Gasteiger partial charge on any atom is -0.369 e. The summed E-state index contributed by atoms with van der Waals surface area (Å²) in [7, 11) is 0. The monoisotopic (exact) mass is 303 g/mol. The molecule has 1 heterocycles. The largest absolute Gasteiger partial charge is 0.369 e. The third-order valence-electron chi connectivity index (χ3n) is 3.69. The van der Waals surface area contributed by atoms with Crippen molar-refractivity contribution in [3.05, 3.63) is 64.4 Å². The van der Waals surface area contributed by atoms with E-state index in [4.69, 9.17) is 17.3 Å². The number of hydrogen-bond donors (Lipinski definition) is 1. The second-order valence-corrected chi connectivity index (χ2v) is 5.44. The molecule has 0 bridgehead atoms. The summed E-state index contributed by atoms with van der Waals surface area (Å²) in [4.78, 5) is 6.23. The second-order valence-electron chi connectivity index (χ2n) is 5.04. The van der Waals surface area contributed by atoms with E-state index in [1.165, 1.54) is 12.1 Å². The normalized spacial score (nSPS) is 18.0. The van der Waals surface area contributed by atoms with Crippen LogP contribution in [0, 0.1) is 12.7 Å². The van der Waals surface area contributed by atoms with Crippen molar-refractivity contribution in [2.75, 3.05) is 11.4 Å². The van der Waals surface area contributed by atoms with Gasteiger partial charge in [-0.15, -0.1) is 0 Å². The first-order chi connectivity index (χ1) is 10.1. The highest BCUT2D eigenvalue weighted by Gasteiger charge is 2.30. The number of nitrogens with zero attached hydrogens (tertiary/aromatic N) is 2. The van der Waals surface area contributed by atoms with Gasteiger partial charge in [-0.2, -0.15) is 0 Å². The molecule has 1 atom stereocenters. The van der Waals surface area contributed by atoms with Crippen molar-refractivity contribution in [2.45, 2.75) is 13.0 Å². The molecular formula is C16H15ClFN3. The molecular weight excluding hydrogens is 289 g/mol. The molecule has 21 heavy (non-hydrogen) atoms. The molecule has 108 valence electrons. The molecule has 2 N–H and O–H groups in total. The zero-order chi connectivity index (χ0) is 15.0. The molecule has 0 fully saturated rings. The quantitative estimate of drug-likeness (QED) is 0.920. The van der Waals surface area contributed by atoms with Crippen LogP contribution in [-0.2, 0) is 0 Å². The minimum absolute atomic E-state index is 0.0644. The molecule has 5 heteroatoms. The molecule has 3 rings (SSSR count). The fourth-order valence-corrected chi connectivity index (χ4v) is 2.91. The number of guanidine groups is 1. The van der Waals surface area contributed by atoms with Gasteiger partial charge in [0.05, 0.1) is 23.3 Å². The number of hydrogen-bond acceptors (Lipinski definition) is 3. The Morgan fingerprint density at radius 3 is 2.76 bits per heavy atom. The van der Waals surface area contributed by atoms with Crippen molar-refractivity contribution in [3.8, 4) is 0 Å². The van der Waals surface area contributed by atoms with Gasteiger partial charge in [-0.25, -0.2) is 4.39 Å². The Kier molecular flexibility index (Phi) is 3.55. The van der Waals surface area contributed by atoms with Gasteiger partial charge in [-0.05, 0) is 42.3 Å². The fraction of sp³-hybridized carbons (Fsp3) is 0.188. The van der Waals surface area contributed by atoms with E-state index in [1.807, 2.05) is 36.1 Å². The van der Waals surface area contributed by atoms with Gasteiger partial charge >= 0.3 is 0 Å². The van der Waals surface area contributed by atoms with Gasteiger partial charge in [0.15, 0.2) is 5.96 Å². The van der Waals surface area contributed by atoms with Gasteiger partial charge in [0.2, 0.25) is 0 Å². The van der Waals surface area contributed by atoms with E-state index in [1.54, 1.807) is 6.07 Å². The molecule has 0 saturated heterocycles. The molecule has 0 amide bonds. The molecule has 0 aromatic heterocycles. The fourth-order valence-electron chi connectivity index (χ4n) is 2.69. The number of para-hydroxylation sites is 1. The summed E-state index contributed by atoms with van der Waals surface area (Å²) >= 11 is 6.28. The number of halogens is 2. The second kappa shape index (κ2) is 5.37.